The highest BCUT2D eigenvalue weighted by atomic mass is 32.1. The topological polar surface area (TPSA) is 52.0 Å². The lowest BCUT2D eigenvalue weighted by Gasteiger charge is -2.03. The smallest absolute Gasteiger partial charge is 0.0627 e. The molecule has 0 unspecified atom stereocenters. The lowest BCUT2D eigenvalue weighted by atomic mass is 10.1. The van der Waals surface area contributed by atoms with Crippen molar-refractivity contribution < 1.29 is 0 Å². The molecule has 0 aromatic heterocycles. The Bertz CT molecular complexity index is 426. The number of anilines is 2. The summed E-state index contributed by atoms with van der Waals surface area (Å²) in [5, 5.41) is 2.15. The van der Waals surface area contributed by atoms with E-state index in [-0.39, 0.29) is 13.5 Å². The fourth-order valence-corrected chi connectivity index (χ4v) is 1.31. The van der Waals surface area contributed by atoms with Gasteiger partial charge in [-0.2, -0.15) is 13.5 Å². The van der Waals surface area contributed by atoms with Crippen LogP contribution in [0.15, 0.2) is 36.4 Å². The molecule has 13 heavy (non-hydrogen) atoms. The van der Waals surface area contributed by atoms with Crippen LogP contribution in [-0.2, 0) is 0 Å². The van der Waals surface area contributed by atoms with Gasteiger partial charge in [0.05, 0.1) is 11.4 Å². The van der Waals surface area contributed by atoms with Crippen LogP contribution in [0.1, 0.15) is 0 Å². The van der Waals surface area contributed by atoms with Crippen molar-refractivity contribution in [2.75, 3.05) is 11.5 Å². The van der Waals surface area contributed by atoms with Crippen molar-refractivity contribution in [3.05, 3.63) is 36.4 Å². The molecule has 2 nitrogen and oxygen atoms in total. The van der Waals surface area contributed by atoms with Gasteiger partial charge in [0.15, 0.2) is 0 Å². The van der Waals surface area contributed by atoms with E-state index in [1.54, 1.807) is 0 Å². The quantitative estimate of drug-likeness (QED) is 0.628. The van der Waals surface area contributed by atoms with Gasteiger partial charge in [-0.3, -0.25) is 0 Å². The first-order chi connectivity index (χ1) is 5.79. The van der Waals surface area contributed by atoms with Gasteiger partial charge in [0.2, 0.25) is 0 Å². The zero-order chi connectivity index (χ0) is 8.55. The van der Waals surface area contributed by atoms with Crippen molar-refractivity contribution in [2.24, 2.45) is 0 Å². The minimum atomic E-state index is 0. The normalized spacial score (nSPS) is 9.54. The number of nitrogen functional groups attached to an aromatic ring is 2. The Morgan fingerprint density at radius 1 is 0.846 bits per heavy atom. The maximum absolute atomic E-state index is 5.79. The summed E-state index contributed by atoms with van der Waals surface area (Å²) in [5.41, 5.74) is 12.8. The van der Waals surface area contributed by atoms with E-state index in [9.17, 15) is 0 Å². The monoisotopic (exact) mass is 192 g/mol. The molecule has 0 aliphatic heterocycles. The van der Waals surface area contributed by atoms with E-state index in [2.05, 4.69) is 0 Å². The summed E-state index contributed by atoms with van der Waals surface area (Å²) in [6.45, 7) is 0. The van der Waals surface area contributed by atoms with Gasteiger partial charge in [0.1, 0.15) is 0 Å². The highest BCUT2D eigenvalue weighted by molar-refractivity contribution is 7.59. The third-order valence-corrected chi connectivity index (χ3v) is 2.00. The Hall–Kier alpha value is -1.35. The van der Waals surface area contributed by atoms with Crippen molar-refractivity contribution in [3.63, 3.8) is 0 Å². The van der Waals surface area contributed by atoms with Gasteiger partial charge in [-0.25, -0.2) is 0 Å². The van der Waals surface area contributed by atoms with E-state index >= 15 is 0 Å². The molecule has 0 saturated heterocycles. The third-order valence-electron chi connectivity index (χ3n) is 2.00. The van der Waals surface area contributed by atoms with Gasteiger partial charge in [0, 0.05) is 5.39 Å². The predicted molar refractivity (Wildman–Crippen MR) is 63.2 cm³/mol. The Labute approximate surface area is 84.0 Å². The van der Waals surface area contributed by atoms with Crippen molar-refractivity contribution in [1.82, 2.24) is 0 Å². The number of hydrogen-bond acceptors (Lipinski definition) is 2. The third kappa shape index (κ3) is 1.55. The molecular weight excluding hydrogens is 180 g/mol. The molecule has 2 aromatic rings. The summed E-state index contributed by atoms with van der Waals surface area (Å²) in [4.78, 5) is 0. The fraction of sp³-hybridized carbons (Fsp3) is 0. The molecule has 0 radical (unpaired) electrons. The Balaban J connectivity index is 0.000000845. The summed E-state index contributed by atoms with van der Waals surface area (Å²) >= 11 is 0. The number of hydrogen-bond donors (Lipinski definition) is 2. The summed E-state index contributed by atoms with van der Waals surface area (Å²) in [6.07, 6.45) is 0. The molecule has 0 aliphatic rings. The van der Waals surface area contributed by atoms with Crippen LogP contribution in [0, 0.1) is 0 Å². The molecule has 4 N–H and O–H groups in total. The van der Waals surface area contributed by atoms with Gasteiger partial charge >= 0.3 is 0 Å². The van der Waals surface area contributed by atoms with Crippen LogP contribution in [-0.4, -0.2) is 0 Å². The average Bonchev–Trinajstić information content (AvgIpc) is 2.12. The minimum Gasteiger partial charge on any atom is -0.397 e. The van der Waals surface area contributed by atoms with Crippen LogP contribution >= 0.6 is 13.5 Å². The van der Waals surface area contributed by atoms with Gasteiger partial charge in [-0.15, -0.1) is 0 Å². The second-order valence-electron chi connectivity index (χ2n) is 2.79. The fourth-order valence-electron chi connectivity index (χ4n) is 1.31. The first-order valence-corrected chi connectivity index (χ1v) is 3.82. The summed E-state index contributed by atoms with van der Waals surface area (Å²) in [5.74, 6) is 0. The molecule has 2 aromatic carbocycles. The molecule has 0 amide bonds. The highest BCUT2D eigenvalue weighted by Crippen LogP contribution is 2.25. The second kappa shape index (κ2) is 3.58. The molecule has 0 aliphatic carbocycles. The lowest BCUT2D eigenvalue weighted by Crippen LogP contribution is -1.94. The first-order valence-electron chi connectivity index (χ1n) is 3.82. The Morgan fingerprint density at radius 2 is 1.54 bits per heavy atom. The molecule has 2 rings (SSSR count). The SMILES string of the molecule is Nc1ccc2ccccc2c1N.S. The Kier molecular flexibility index (Phi) is 2.68. The Morgan fingerprint density at radius 3 is 2.31 bits per heavy atom. The van der Waals surface area contributed by atoms with E-state index in [1.807, 2.05) is 36.4 Å². The van der Waals surface area contributed by atoms with Crippen molar-refractivity contribution in [1.29, 1.82) is 0 Å². The van der Waals surface area contributed by atoms with E-state index in [0.29, 0.717) is 11.4 Å². The lowest BCUT2D eigenvalue weighted by molar-refractivity contribution is 1.71. The number of rotatable bonds is 0. The number of fused-ring (bicyclic) bond motifs is 1. The molecule has 0 saturated carbocycles. The molecule has 68 valence electrons. The van der Waals surface area contributed by atoms with Crippen LogP contribution in [0.4, 0.5) is 11.4 Å². The maximum Gasteiger partial charge on any atom is 0.0627 e. The predicted octanol–water partition coefficient (Wildman–Crippen LogP) is 2.12. The first kappa shape index (κ1) is 9.74. The summed E-state index contributed by atoms with van der Waals surface area (Å²) in [6, 6.07) is 11.7. The van der Waals surface area contributed by atoms with Gasteiger partial charge in [-0.05, 0) is 11.5 Å². The average molecular weight is 192 g/mol. The van der Waals surface area contributed by atoms with Gasteiger partial charge in [-0.1, -0.05) is 30.3 Å². The largest absolute Gasteiger partial charge is 0.397 e. The standard InChI is InChI=1S/C10H10N2.H2S/c11-9-6-5-7-3-1-2-4-8(7)10(9)12;/h1-6H,11-12H2;1H2. The highest BCUT2D eigenvalue weighted by Gasteiger charge is 1.98. The van der Waals surface area contributed by atoms with Gasteiger partial charge < -0.3 is 11.5 Å². The van der Waals surface area contributed by atoms with Crippen molar-refractivity contribution in [3.8, 4) is 0 Å². The maximum atomic E-state index is 5.79. The number of nitrogens with two attached hydrogens (primary N) is 2. The van der Waals surface area contributed by atoms with Crippen LogP contribution in [0.3, 0.4) is 0 Å². The summed E-state index contributed by atoms with van der Waals surface area (Å²) < 4.78 is 0. The molecular formula is C10H12N2S. The molecule has 0 heterocycles. The van der Waals surface area contributed by atoms with Crippen LogP contribution < -0.4 is 11.5 Å². The van der Waals surface area contributed by atoms with E-state index in [1.165, 1.54) is 0 Å². The van der Waals surface area contributed by atoms with Crippen molar-refractivity contribution >= 4 is 35.6 Å². The van der Waals surface area contributed by atoms with E-state index in [0.717, 1.165) is 10.8 Å². The molecule has 0 fully saturated rings. The zero-order valence-electron chi connectivity index (χ0n) is 7.12. The molecule has 0 bridgehead atoms. The van der Waals surface area contributed by atoms with E-state index < -0.39 is 0 Å². The molecule has 0 spiro atoms. The van der Waals surface area contributed by atoms with Gasteiger partial charge in [0.25, 0.3) is 0 Å². The van der Waals surface area contributed by atoms with Crippen LogP contribution in [0.2, 0.25) is 0 Å². The van der Waals surface area contributed by atoms with E-state index in [4.69, 9.17) is 11.5 Å². The second-order valence-corrected chi connectivity index (χ2v) is 2.79. The molecule has 3 heteroatoms. The summed E-state index contributed by atoms with van der Waals surface area (Å²) in [7, 11) is 0. The number of benzene rings is 2. The molecule has 0 atom stereocenters. The van der Waals surface area contributed by atoms with Crippen LogP contribution in [0.5, 0.6) is 0 Å². The van der Waals surface area contributed by atoms with Crippen molar-refractivity contribution in [2.45, 2.75) is 0 Å². The van der Waals surface area contributed by atoms with Crippen LogP contribution in [0.25, 0.3) is 10.8 Å². The zero-order valence-corrected chi connectivity index (χ0v) is 8.12. The minimum absolute atomic E-state index is 0.